The van der Waals surface area contributed by atoms with Crippen molar-refractivity contribution in [3.63, 3.8) is 0 Å². The van der Waals surface area contributed by atoms with Crippen LogP contribution in [-0.2, 0) is 6.54 Å². The van der Waals surface area contributed by atoms with Gasteiger partial charge in [-0.1, -0.05) is 11.6 Å². The molecule has 1 unspecified atom stereocenters. The lowest BCUT2D eigenvalue weighted by Crippen LogP contribution is -2.34. The van der Waals surface area contributed by atoms with Crippen LogP contribution in [0.3, 0.4) is 0 Å². The molecule has 1 fully saturated rings. The molecule has 2 rings (SSSR count). The highest BCUT2D eigenvalue weighted by molar-refractivity contribution is 6.31. The average molecular weight is 284 g/mol. The first-order valence-electron chi connectivity index (χ1n) is 6.41. The second-order valence-corrected chi connectivity index (χ2v) is 5.43. The van der Waals surface area contributed by atoms with E-state index in [0.717, 1.165) is 18.7 Å². The van der Waals surface area contributed by atoms with Crippen molar-refractivity contribution in [3.05, 3.63) is 38.9 Å². The number of non-ortho nitro benzene ring substituents is 1. The first-order valence-corrected chi connectivity index (χ1v) is 6.79. The van der Waals surface area contributed by atoms with E-state index in [9.17, 15) is 10.1 Å². The van der Waals surface area contributed by atoms with Crippen molar-refractivity contribution in [2.45, 2.75) is 25.4 Å². The minimum atomic E-state index is -0.429. The minimum absolute atomic E-state index is 0.0360. The molecule has 1 saturated heterocycles. The van der Waals surface area contributed by atoms with Gasteiger partial charge in [-0.3, -0.25) is 10.1 Å². The fraction of sp³-hybridized carbons (Fsp3) is 0.538. The third-order valence-electron chi connectivity index (χ3n) is 3.38. The van der Waals surface area contributed by atoms with E-state index in [1.165, 1.54) is 25.0 Å². The molecule has 1 aromatic carbocycles. The molecule has 0 amide bonds. The zero-order chi connectivity index (χ0) is 13.8. The summed E-state index contributed by atoms with van der Waals surface area (Å²) in [7, 11) is 2.04. The van der Waals surface area contributed by atoms with Crippen molar-refractivity contribution >= 4 is 17.3 Å². The lowest BCUT2D eigenvalue weighted by atomic mass is 10.1. The molecule has 0 aromatic heterocycles. The highest BCUT2D eigenvalue weighted by atomic mass is 35.5. The molecule has 1 atom stereocenters. The number of nitro groups is 1. The maximum absolute atomic E-state index is 10.6. The van der Waals surface area contributed by atoms with Gasteiger partial charge in [0.15, 0.2) is 0 Å². The number of hydrogen-bond acceptors (Lipinski definition) is 4. The van der Waals surface area contributed by atoms with Crippen LogP contribution < -0.4 is 5.32 Å². The van der Waals surface area contributed by atoms with Crippen molar-refractivity contribution in [1.82, 2.24) is 10.2 Å². The zero-order valence-corrected chi connectivity index (χ0v) is 11.7. The summed E-state index contributed by atoms with van der Waals surface area (Å²) in [5, 5.41) is 14.6. The third-order valence-corrected chi connectivity index (χ3v) is 3.73. The van der Waals surface area contributed by atoms with Gasteiger partial charge in [-0.2, -0.15) is 0 Å². The van der Waals surface area contributed by atoms with Crippen LogP contribution in [0, 0.1) is 10.1 Å². The Hall–Kier alpha value is -1.17. The van der Waals surface area contributed by atoms with Crippen LogP contribution in [0.5, 0.6) is 0 Å². The summed E-state index contributed by atoms with van der Waals surface area (Å²) in [5.41, 5.74) is 0.960. The van der Waals surface area contributed by atoms with Crippen molar-refractivity contribution in [3.8, 4) is 0 Å². The van der Waals surface area contributed by atoms with E-state index in [4.69, 9.17) is 11.6 Å². The maximum atomic E-state index is 10.6. The number of hydrogen-bond donors (Lipinski definition) is 1. The molecule has 19 heavy (non-hydrogen) atoms. The van der Waals surface area contributed by atoms with Gasteiger partial charge in [0.2, 0.25) is 0 Å². The van der Waals surface area contributed by atoms with Crippen LogP contribution in [0.2, 0.25) is 5.02 Å². The Labute approximate surface area is 117 Å². The number of likely N-dealkylation sites (N-methyl/N-ethyl adjacent to an activating group) is 1. The predicted molar refractivity (Wildman–Crippen MR) is 75.5 cm³/mol. The molecular formula is C13H18ClN3O2. The van der Waals surface area contributed by atoms with Gasteiger partial charge < -0.3 is 10.2 Å². The highest BCUT2D eigenvalue weighted by Crippen LogP contribution is 2.23. The number of nitro benzene ring substituents is 1. The van der Waals surface area contributed by atoms with Gasteiger partial charge >= 0.3 is 0 Å². The Morgan fingerprint density at radius 1 is 1.58 bits per heavy atom. The predicted octanol–water partition coefficient (Wildman–Crippen LogP) is 2.43. The topological polar surface area (TPSA) is 58.4 Å². The second-order valence-electron chi connectivity index (χ2n) is 5.02. The molecule has 6 heteroatoms. The van der Waals surface area contributed by atoms with Crippen LogP contribution in [0.4, 0.5) is 5.69 Å². The average Bonchev–Trinajstić information content (AvgIpc) is 2.84. The number of halogens is 1. The first-order chi connectivity index (χ1) is 9.06. The lowest BCUT2D eigenvalue weighted by Gasteiger charge is -2.21. The Kier molecular flexibility index (Phi) is 4.74. The van der Waals surface area contributed by atoms with E-state index in [1.54, 1.807) is 6.07 Å². The number of benzene rings is 1. The highest BCUT2D eigenvalue weighted by Gasteiger charge is 2.17. The molecule has 1 N–H and O–H groups in total. The fourth-order valence-corrected chi connectivity index (χ4v) is 2.66. The number of nitrogens with one attached hydrogen (secondary N) is 1. The van der Waals surface area contributed by atoms with E-state index < -0.39 is 4.92 Å². The van der Waals surface area contributed by atoms with Crippen LogP contribution in [0.25, 0.3) is 0 Å². The van der Waals surface area contributed by atoms with Gasteiger partial charge in [-0.05, 0) is 38.1 Å². The SMILES string of the molecule is CN(Cc1ccc([N+](=O)[O-])cc1Cl)CC1CCCN1. The normalized spacial score (nSPS) is 19.0. The monoisotopic (exact) mass is 283 g/mol. The van der Waals surface area contributed by atoms with Crippen molar-refractivity contribution in [1.29, 1.82) is 0 Å². The molecule has 0 radical (unpaired) electrons. The summed E-state index contributed by atoms with van der Waals surface area (Å²) in [6.07, 6.45) is 2.44. The number of rotatable bonds is 5. The summed E-state index contributed by atoms with van der Waals surface area (Å²) in [6, 6.07) is 5.20. The summed E-state index contributed by atoms with van der Waals surface area (Å²) in [5.74, 6) is 0. The van der Waals surface area contributed by atoms with Gasteiger partial charge in [-0.15, -0.1) is 0 Å². The van der Waals surface area contributed by atoms with Crippen LogP contribution in [0.1, 0.15) is 18.4 Å². The third kappa shape index (κ3) is 3.89. The van der Waals surface area contributed by atoms with Gasteiger partial charge in [0.05, 0.1) is 9.95 Å². The quantitative estimate of drug-likeness (QED) is 0.666. The van der Waals surface area contributed by atoms with Crippen molar-refractivity contribution in [2.75, 3.05) is 20.1 Å². The minimum Gasteiger partial charge on any atom is -0.313 e. The Morgan fingerprint density at radius 3 is 2.95 bits per heavy atom. The number of nitrogens with zero attached hydrogens (tertiary/aromatic N) is 2. The fourth-order valence-electron chi connectivity index (χ4n) is 2.42. The van der Waals surface area contributed by atoms with Gasteiger partial charge in [-0.25, -0.2) is 0 Å². The van der Waals surface area contributed by atoms with Crippen LogP contribution in [0.15, 0.2) is 18.2 Å². The smallest absolute Gasteiger partial charge is 0.270 e. The van der Waals surface area contributed by atoms with E-state index in [2.05, 4.69) is 10.2 Å². The van der Waals surface area contributed by atoms with E-state index >= 15 is 0 Å². The molecule has 1 aromatic rings. The standard InChI is InChI=1S/C13H18ClN3O2/c1-16(9-11-3-2-6-15-11)8-10-4-5-12(17(18)19)7-13(10)14/h4-5,7,11,15H,2-3,6,8-9H2,1H3. The van der Waals surface area contributed by atoms with E-state index in [-0.39, 0.29) is 5.69 Å². The van der Waals surface area contributed by atoms with Gasteiger partial charge in [0.1, 0.15) is 0 Å². The summed E-state index contributed by atoms with van der Waals surface area (Å²) in [6.45, 7) is 2.76. The molecule has 1 heterocycles. The summed E-state index contributed by atoms with van der Waals surface area (Å²) < 4.78 is 0. The lowest BCUT2D eigenvalue weighted by molar-refractivity contribution is -0.384. The molecule has 5 nitrogen and oxygen atoms in total. The van der Waals surface area contributed by atoms with Crippen LogP contribution in [-0.4, -0.2) is 36.0 Å². The zero-order valence-electron chi connectivity index (χ0n) is 10.9. The van der Waals surface area contributed by atoms with Crippen molar-refractivity contribution in [2.24, 2.45) is 0 Å². The first kappa shape index (κ1) is 14.2. The summed E-state index contributed by atoms with van der Waals surface area (Å²) in [4.78, 5) is 12.4. The largest absolute Gasteiger partial charge is 0.313 e. The molecule has 0 bridgehead atoms. The Morgan fingerprint density at radius 2 is 2.37 bits per heavy atom. The molecule has 104 valence electrons. The molecule has 0 spiro atoms. The molecule has 1 aliphatic rings. The van der Waals surface area contributed by atoms with Gasteiger partial charge in [0.25, 0.3) is 5.69 Å². The summed E-state index contributed by atoms with van der Waals surface area (Å²) >= 11 is 6.09. The molecular weight excluding hydrogens is 266 g/mol. The maximum Gasteiger partial charge on any atom is 0.270 e. The van der Waals surface area contributed by atoms with Crippen molar-refractivity contribution < 1.29 is 4.92 Å². The van der Waals surface area contributed by atoms with Gasteiger partial charge in [0, 0.05) is 31.3 Å². The Bertz CT molecular complexity index is 461. The Balaban J connectivity index is 1.96. The van der Waals surface area contributed by atoms with Crippen LogP contribution >= 0.6 is 11.6 Å². The van der Waals surface area contributed by atoms with E-state index in [0.29, 0.717) is 17.6 Å². The van der Waals surface area contributed by atoms with E-state index in [1.807, 2.05) is 7.05 Å². The molecule has 0 aliphatic carbocycles. The molecule has 0 saturated carbocycles. The molecule has 1 aliphatic heterocycles. The second kappa shape index (κ2) is 6.32.